The van der Waals surface area contributed by atoms with Crippen LogP contribution in [0, 0.1) is 11.6 Å². The number of halogens is 2. The molecule has 0 radical (unpaired) electrons. The van der Waals surface area contributed by atoms with E-state index in [1.807, 2.05) is 30.3 Å². The van der Waals surface area contributed by atoms with Gasteiger partial charge in [-0.3, -0.25) is 4.79 Å². The molecule has 0 bridgehead atoms. The lowest BCUT2D eigenvalue weighted by atomic mass is 10.1. The minimum Gasteiger partial charge on any atom is -0.389 e. The molecule has 0 spiro atoms. The molecule has 1 amide bonds. The number of ether oxygens (including phenoxy) is 1. The SMILES string of the molecule is CN(CC(O)COCc1ccccc1)C(=O)c1cc(F)ccc1F. The summed E-state index contributed by atoms with van der Waals surface area (Å²) in [5.74, 6) is -2.20. The lowest BCUT2D eigenvalue weighted by Crippen LogP contribution is -2.36. The zero-order chi connectivity index (χ0) is 17.5. The number of likely N-dealkylation sites (N-methyl/N-ethyl adjacent to an activating group) is 1. The van der Waals surface area contributed by atoms with Crippen LogP contribution in [0.4, 0.5) is 8.78 Å². The molecule has 2 aromatic rings. The summed E-state index contributed by atoms with van der Waals surface area (Å²) in [6.45, 7) is 0.315. The van der Waals surface area contributed by atoms with Gasteiger partial charge < -0.3 is 14.7 Å². The summed E-state index contributed by atoms with van der Waals surface area (Å²) >= 11 is 0. The van der Waals surface area contributed by atoms with Gasteiger partial charge in [-0.05, 0) is 23.8 Å². The smallest absolute Gasteiger partial charge is 0.256 e. The normalized spacial score (nSPS) is 12.0. The highest BCUT2D eigenvalue weighted by atomic mass is 19.1. The van der Waals surface area contributed by atoms with Crippen LogP contribution >= 0.6 is 0 Å². The van der Waals surface area contributed by atoms with Crippen LogP contribution in [0.2, 0.25) is 0 Å². The average Bonchev–Trinajstić information content (AvgIpc) is 2.57. The zero-order valence-corrected chi connectivity index (χ0v) is 13.3. The highest BCUT2D eigenvalue weighted by molar-refractivity contribution is 5.94. The summed E-state index contributed by atoms with van der Waals surface area (Å²) in [5.41, 5.74) is 0.603. The number of aliphatic hydroxyl groups excluding tert-OH is 1. The standard InChI is InChI=1S/C18H19F2NO3/c1-21(18(23)16-9-14(19)7-8-17(16)20)10-15(22)12-24-11-13-5-3-2-4-6-13/h2-9,15,22H,10-12H2,1H3. The lowest BCUT2D eigenvalue weighted by Gasteiger charge is -2.21. The maximum absolute atomic E-state index is 13.6. The van der Waals surface area contributed by atoms with E-state index in [1.54, 1.807) is 0 Å². The van der Waals surface area contributed by atoms with Crippen LogP contribution in [-0.4, -0.2) is 42.2 Å². The van der Waals surface area contributed by atoms with Gasteiger partial charge in [0, 0.05) is 13.6 Å². The van der Waals surface area contributed by atoms with Crippen molar-refractivity contribution in [2.45, 2.75) is 12.7 Å². The van der Waals surface area contributed by atoms with Gasteiger partial charge in [0.15, 0.2) is 0 Å². The molecule has 1 N–H and O–H groups in total. The first-order valence-electron chi connectivity index (χ1n) is 7.47. The number of carbonyl (C=O) groups is 1. The Hall–Kier alpha value is -2.31. The molecule has 24 heavy (non-hydrogen) atoms. The van der Waals surface area contributed by atoms with E-state index < -0.39 is 23.6 Å². The van der Waals surface area contributed by atoms with E-state index in [-0.39, 0.29) is 18.7 Å². The van der Waals surface area contributed by atoms with Crippen LogP contribution in [0.1, 0.15) is 15.9 Å². The van der Waals surface area contributed by atoms with E-state index >= 15 is 0 Å². The van der Waals surface area contributed by atoms with Gasteiger partial charge in [0.2, 0.25) is 0 Å². The summed E-state index contributed by atoms with van der Waals surface area (Å²) in [6, 6.07) is 12.1. The molecule has 0 heterocycles. The van der Waals surface area contributed by atoms with Crippen molar-refractivity contribution in [3.8, 4) is 0 Å². The number of carbonyl (C=O) groups excluding carboxylic acids is 1. The van der Waals surface area contributed by atoms with Crippen LogP contribution in [0.3, 0.4) is 0 Å². The third-order valence-corrected chi connectivity index (χ3v) is 3.41. The number of aliphatic hydroxyl groups is 1. The molecule has 4 nitrogen and oxygen atoms in total. The molecular weight excluding hydrogens is 316 g/mol. The summed E-state index contributed by atoms with van der Waals surface area (Å²) in [5, 5.41) is 9.93. The molecule has 1 unspecified atom stereocenters. The molecule has 0 aliphatic heterocycles. The number of hydrogen-bond donors (Lipinski definition) is 1. The quantitative estimate of drug-likeness (QED) is 0.846. The fourth-order valence-electron chi connectivity index (χ4n) is 2.21. The Morgan fingerprint density at radius 1 is 1.21 bits per heavy atom. The lowest BCUT2D eigenvalue weighted by molar-refractivity contribution is 0.0136. The highest BCUT2D eigenvalue weighted by Gasteiger charge is 2.19. The minimum atomic E-state index is -0.931. The van der Waals surface area contributed by atoms with Crippen LogP contribution in [0.5, 0.6) is 0 Å². The van der Waals surface area contributed by atoms with E-state index in [2.05, 4.69) is 0 Å². The number of rotatable bonds is 7. The molecule has 0 aliphatic carbocycles. The molecule has 1 atom stereocenters. The van der Waals surface area contributed by atoms with E-state index in [0.717, 1.165) is 28.7 Å². The van der Waals surface area contributed by atoms with E-state index in [4.69, 9.17) is 4.74 Å². The number of hydrogen-bond acceptors (Lipinski definition) is 3. The molecule has 128 valence electrons. The first-order chi connectivity index (χ1) is 11.5. The van der Waals surface area contributed by atoms with Gasteiger partial charge in [-0.1, -0.05) is 30.3 Å². The van der Waals surface area contributed by atoms with Gasteiger partial charge in [0.25, 0.3) is 5.91 Å². The Balaban J connectivity index is 1.83. The first-order valence-corrected chi connectivity index (χ1v) is 7.47. The second-order valence-corrected chi connectivity index (χ2v) is 5.46. The van der Waals surface area contributed by atoms with Crippen LogP contribution in [0.25, 0.3) is 0 Å². The van der Waals surface area contributed by atoms with Crippen molar-refractivity contribution in [3.63, 3.8) is 0 Å². The van der Waals surface area contributed by atoms with Gasteiger partial charge >= 0.3 is 0 Å². The molecule has 0 saturated carbocycles. The first kappa shape index (κ1) is 18.0. The van der Waals surface area contributed by atoms with Crippen LogP contribution in [0.15, 0.2) is 48.5 Å². The summed E-state index contributed by atoms with van der Waals surface area (Å²) < 4.78 is 32.1. The molecule has 0 aromatic heterocycles. The second kappa shape index (κ2) is 8.52. The summed E-state index contributed by atoms with van der Waals surface area (Å²) in [4.78, 5) is 13.2. The second-order valence-electron chi connectivity index (χ2n) is 5.46. The topological polar surface area (TPSA) is 49.8 Å². The van der Waals surface area contributed by atoms with Gasteiger partial charge in [-0.15, -0.1) is 0 Å². The fourth-order valence-corrected chi connectivity index (χ4v) is 2.21. The summed E-state index contributed by atoms with van der Waals surface area (Å²) in [7, 11) is 1.41. The maximum atomic E-state index is 13.6. The Kier molecular flexibility index (Phi) is 6.40. The van der Waals surface area contributed by atoms with Gasteiger partial charge in [-0.2, -0.15) is 0 Å². The van der Waals surface area contributed by atoms with Crippen molar-refractivity contribution in [1.82, 2.24) is 4.90 Å². The fraction of sp³-hybridized carbons (Fsp3) is 0.278. The minimum absolute atomic E-state index is 0.0259. The number of amides is 1. The maximum Gasteiger partial charge on any atom is 0.256 e. The van der Waals surface area contributed by atoms with Crippen molar-refractivity contribution in [2.75, 3.05) is 20.2 Å². The van der Waals surface area contributed by atoms with Crippen molar-refractivity contribution >= 4 is 5.91 Å². The van der Waals surface area contributed by atoms with Gasteiger partial charge in [0.05, 0.1) is 24.9 Å². The van der Waals surface area contributed by atoms with E-state index in [0.29, 0.717) is 6.61 Å². The Labute approximate surface area is 139 Å². The summed E-state index contributed by atoms with van der Waals surface area (Å²) in [6.07, 6.45) is -0.931. The predicted molar refractivity (Wildman–Crippen MR) is 85.4 cm³/mol. The Bertz CT molecular complexity index is 679. The third-order valence-electron chi connectivity index (χ3n) is 3.41. The molecule has 0 fully saturated rings. The predicted octanol–water partition coefficient (Wildman–Crippen LogP) is 2.61. The Morgan fingerprint density at radius 2 is 1.92 bits per heavy atom. The average molecular weight is 335 g/mol. The molecule has 0 aliphatic rings. The van der Waals surface area contributed by atoms with Crippen molar-refractivity contribution < 1.29 is 23.4 Å². The molecule has 2 rings (SSSR count). The van der Waals surface area contributed by atoms with E-state index in [1.165, 1.54) is 7.05 Å². The highest BCUT2D eigenvalue weighted by Crippen LogP contribution is 2.12. The monoisotopic (exact) mass is 335 g/mol. The molecule has 0 saturated heterocycles. The third kappa shape index (κ3) is 5.11. The Morgan fingerprint density at radius 3 is 2.62 bits per heavy atom. The van der Waals surface area contributed by atoms with Crippen LogP contribution in [-0.2, 0) is 11.3 Å². The van der Waals surface area contributed by atoms with E-state index in [9.17, 15) is 18.7 Å². The zero-order valence-electron chi connectivity index (χ0n) is 13.3. The molecule has 2 aromatic carbocycles. The largest absolute Gasteiger partial charge is 0.389 e. The van der Waals surface area contributed by atoms with Crippen LogP contribution < -0.4 is 0 Å². The van der Waals surface area contributed by atoms with Crippen molar-refractivity contribution in [3.05, 3.63) is 71.3 Å². The number of nitrogens with zero attached hydrogens (tertiary/aromatic N) is 1. The van der Waals surface area contributed by atoms with Crippen molar-refractivity contribution in [1.29, 1.82) is 0 Å². The number of benzene rings is 2. The molecule has 6 heteroatoms. The van der Waals surface area contributed by atoms with Crippen molar-refractivity contribution in [2.24, 2.45) is 0 Å². The molecular formula is C18H19F2NO3. The van der Waals surface area contributed by atoms with Gasteiger partial charge in [-0.25, -0.2) is 8.78 Å². The van der Waals surface area contributed by atoms with Gasteiger partial charge in [0.1, 0.15) is 11.6 Å².